The number of aromatic nitrogens is 1. The third-order valence-electron chi connectivity index (χ3n) is 2.99. The molecule has 4 nitrogen and oxygen atoms in total. The van der Waals surface area contributed by atoms with E-state index in [0.29, 0.717) is 12.6 Å². The monoisotopic (exact) mass is 229 g/mol. The van der Waals surface area contributed by atoms with Gasteiger partial charge in [0.2, 0.25) is 0 Å². The van der Waals surface area contributed by atoms with Crippen LogP contribution in [-0.4, -0.2) is 16.1 Å². The third-order valence-corrected chi connectivity index (χ3v) is 2.99. The molecular formula is C13H15N3O. The summed E-state index contributed by atoms with van der Waals surface area (Å²) in [5.41, 5.74) is 8.40. The number of hydrogen-bond donors (Lipinski definition) is 3. The van der Waals surface area contributed by atoms with Crippen LogP contribution in [0.3, 0.4) is 0 Å². The summed E-state index contributed by atoms with van der Waals surface area (Å²) in [7, 11) is 0. The first-order chi connectivity index (χ1) is 8.26. The van der Waals surface area contributed by atoms with E-state index in [-0.39, 0.29) is 5.75 Å². The average Bonchev–Trinajstić information content (AvgIpc) is 3.13. The van der Waals surface area contributed by atoms with Crippen LogP contribution in [0.15, 0.2) is 24.3 Å². The summed E-state index contributed by atoms with van der Waals surface area (Å²) in [6, 6.07) is 7.75. The standard InChI is InChI=1S/C13H15N3O/c14-7-9-5-13(15-8-1-2-8)11-6-10(17)3-4-12(11)16-9/h3-6,8,17H,1-2,7,14H2,(H,15,16). The first kappa shape index (κ1) is 10.4. The molecule has 0 aliphatic heterocycles. The molecule has 1 aromatic heterocycles. The van der Waals surface area contributed by atoms with Gasteiger partial charge in [0.1, 0.15) is 5.75 Å². The highest BCUT2D eigenvalue weighted by molar-refractivity contribution is 5.92. The van der Waals surface area contributed by atoms with Crippen LogP contribution in [0.4, 0.5) is 5.69 Å². The number of rotatable bonds is 3. The van der Waals surface area contributed by atoms with E-state index >= 15 is 0 Å². The van der Waals surface area contributed by atoms with Crippen molar-refractivity contribution in [3.8, 4) is 5.75 Å². The molecule has 17 heavy (non-hydrogen) atoms. The van der Waals surface area contributed by atoms with Crippen molar-refractivity contribution in [2.24, 2.45) is 5.73 Å². The molecule has 4 heteroatoms. The number of aromatic hydroxyl groups is 1. The number of nitrogens with zero attached hydrogens (tertiary/aromatic N) is 1. The maximum absolute atomic E-state index is 9.55. The lowest BCUT2D eigenvalue weighted by molar-refractivity contribution is 0.476. The van der Waals surface area contributed by atoms with Crippen LogP contribution in [0.2, 0.25) is 0 Å². The van der Waals surface area contributed by atoms with E-state index < -0.39 is 0 Å². The Bertz CT molecular complexity index is 564. The summed E-state index contributed by atoms with van der Waals surface area (Å²) in [5, 5.41) is 14.0. The number of fused-ring (bicyclic) bond motifs is 1. The first-order valence-electron chi connectivity index (χ1n) is 5.85. The fourth-order valence-electron chi connectivity index (χ4n) is 1.94. The van der Waals surface area contributed by atoms with Crippen molar-refractivity contribution in [2.75, 3.05) is 5.32 Å². The number of benzene rings is 1. The van der Waals surface area contributed by atoms with Crippen LogP contribution >= 0.6 is 0 Å². The molecule has 2 aromatic rings. The normalized spacial score (nSPS) is 15.1. The molecule has 1 aliphatic carbocycles. The van der Waals surface area contributed by atoms with E-state index in [0.717, 1.165) is 22.3 Å². The number of hydrogen-bond acceptors (Lipinski definition) is 4. The predicted molar refractivity (Wildman–Crippen MR) is 67.9 cm³/mol. The third kappa shape index (κ3) is 2.03. The zero-order valence-electron chi connectivity index (χ0n) is 9.48. The van der Waals surface area contributed by atoms with Crippen molar-refractivity contribution in [1.82, 2.24) is 4.98 Å². The molecule has 3 rings (SSSR count). The number of nitrogens with one attached hydrogen (secondary N) is 1. The van der Waals surface area contributed by atoms with Crippen molar-refractivity contribution >= 4 is 16.6 Å². The summed E-state index contributed by atoms with van der Waals surface area (Å²) >= 11 is 0. The second kappa shape index (κ2) is 3.89. The molecule has 0 spiro atoms. The Labute approximate surface area is 99.5 Å². The molecule has 0 amide bonds. The lowest BCUT2D eigenvalue weighted by atomic mass is 10.1. The van der Waals surface area contributed by atoms with Gasteiger partial charge >= 0.3 is 0 Å². The summed E-state index contributed by atoms with van der Waals surface area (Å²) < 4.78 is 0. The Hall–Kier alpha value is -1.81. The van der Waals surface area contributed by atoms with Crippen molar-refractivity contribution in [3.63, 3.8) is 0 Å². The fourth-order valence-corrected chi connectivity index (χ4v) is 1.94. The highest BCUT2D eigenvalue weighted by atomic mass is 16.3. The number of phenolic OH excluding ortho intramolecular Hbond substituents is 1. The van der Waals surface area contributed by atoms with Gasteiger partial charge in [0, 0.05) is 23.7 Å². The van der Waals surface area contributed by atoms with Crippen molar-refractivity contribution < 1.29 is 5.11 Å². The van der Waals surface area contributed by atoms with Gasteiger partial charge < -0.3 is 16.2 Å². The highest BCUT2D eigenvalue weighted by Gasteiger charge is 2.22. The van der Waals surface area contributed by atoms with Crippen LogP contribution in [0, 0.1) is 0 Å². The molecule has 88 valence electrons. The Morgan fingerprint density at radius 1 is 1.35 bits per heavy atom. The van der Waals surface area contributed by atoms with E-state index in [4.69, 9.17) is 5.73 Å². The molecule has 1 heterocycles. The Kier molecular flexibility index (Phi) is 2.37. The largest absolute Gasteiger partial charge is 0.508 e. The van der Waals surface area contributed by atoms with Gasteiger partial charge in [-0.2, -0.15) is 0 Å². The minimum Gasteiger partial charge on any atom is -0.508 e. The number of nitrogens with two attached hydrogens (primary N) is 1. The Morgan fingerprint density at radius 2 is 2.18 bits per heavy atom. The van der Waals surface area contributed by atoms with Gasteiger partial charge in [-0.15, -0.1) is 0 Å². The minimum atomic E-state index is 0.263. The van der Waals surface area contributed by atoms with Gasteiger partial charge in [-0.05, 0) is 37.1 Å². The van der Waals surface area contributed by atoms with Crippen molar-refractivity contribution in [3.05, 3.63) is 30.0 Å². The lowest BCUT2D eigenvalue weighted by Gasteiger charge is -2.10. The van der Waals surface area contributed by atoms with Gasteiger partial charge in [-0.1, -0.05) is 0 Å². The molecule has 4 N–H and O–H groups in total. The maximum atomic E-state index is 9.55. The van der Waals surface area contributed by atoms with E-state index in [1.54, 1.807) is 12.1 Å². The molecule has 1 fully saturated rings. The van der Waals surface area contributed by atoms with E-state index in [1.165, 1.54) is 12.8 Å². The molecular weight excluding hydrogens is 214 g/mol. The Morgan fingerprint density at radius 3 is 2.88 bits per heavy atom. The van der Waals surface area contributed by atoms with Gasteiger partial charge in [0.05, 0.1) is 11.2 Å². The minimum absolute atomic E-state index is 0.263. The van der Waals surface area contributed by atoms with Crippen LogP contribution in [0.1, 0.15) is 18.5 Å². The van der Waals surface area contributed by atoms with Gasteiger partial charge in [0.25, 0.3) is 0 Å². The second-order valence-corrected chi connectivity index (χ2v) is 4.49. The molecule has 0 bridgehead atoms. The molecule has 0 radical (unpaired) electrons. The molecule has 1 aliphatic rings. The van der Waals surface area contributed by atoms with E-state index in [1.807, 2.05) is 12.1 Å². The molecule has 1 aromatic carbocycles. The van der Waals surface area contributed by atoms with Crippen molar-refractivity contribution in [1.29, 1.82) is 0 Å². The number of phenols is 1. The zero-order chi connectivity index (χ0) is 11.8. The van der Waals surface area contributed by atoms with Crippen LogP contribution in [-0.2, 0) is 6.54 Å². The SMILES string of the molecule is NCc1cc(NC2CC2)c2cc(O)ccc2n1. The lowest BCUT2D eigenvalue weighted by Crippen LogP contribution is -2.05. The molecule has 0 saturated heterocycles. The topological polar surface area (TPSA) is 71.2 Å². The number of anilines is 1. The van der Waals surface area contributed by atoms with Gasteiger partial charge in [-0.25, -0.2) is 0 Å². The smallest absolute Gasteiger partial charge is 0.116 e. The average molecular weight is 229 g/mol. The van der Waals surface area contributed by atoms with Gasteiger partial charge in [0.15, 0.2) is 0 Å². The summed E-state index contributed by atoms with van der Waals surface area (Å²) in [6.45, 7) is 0.427. The van der Waals surface area contributed by atoms with Crippen LogP contribution in [0.25, 0.3) is 10.9 Å². The quantitative estimate of drug-likeness (QED) is 0.752. The summed E-state index contributed by atoms with van der Waals surface area (Å²) in [6.07, 6.45) is 2.42. The zero-order valence-corrected chi connectivity index (χ0v) is 9.48. The summed E-state index contributed by atoms with van der Waals surface area (Å²) in [5.74, 6) is 0.263. The number of pyridine rings is 1. The van der Waals surface area contributed by atoms with E-state index in [9.17, 15) is 5.11 Å². The van der Waals surface area contributed by atoms with Crippen LogP contribution in [0.5, 0.6) is 5.75 Å². The molecule has 1 saturated carbocycles. The molecule has 0 atom stereocenters. The predicted octanol–water partition coefficient (Wildman–Crippen LogP) is 1.97. The van der Waals surface area contributed by atoms with Gasteiger partial charge in [-0.3, -0.25) is 4.98 Å². The first-order valence-corrected chi connectivity index (χ1v) is 5.85. The fraction of sp³-hybridized carbons (Fsp3) is 0.308. The second-order valence-electron chi connectivity index (χ2n) is 4.49. The van der Waals surface area contributed by atoms with Crippen LogP contribution < -0.4 is 11.1 Å². The van der Waals surface area contributed by atoms with E-state index in [2.05, 4.69) is 10.3 Å². The summed E-state index contributed by atoms with van der Waals surface area (Å²) in [4.78, 5) is 4.45. The molecule has 0 unspecified atom stereocenters. The highest BCUT2D eigenvalue weighted by Crippen LogP contribution is 2.31. The Balaban J connectivity index is 2.16. The van der Waals surface area contributed by atoms with Crippen molar-refractivity contribution in [2.45, 2.75) is 25.4 Å². The maximum Gasteiger partial charge on any atom is 0.116 e.